The van der Waals surface area contributed by atoms with Crippen molar-refractivity contribution in [3.8, 4) is 0 Å². The van der Waals surface area contributed by atoms with Crippen molar-refractivity contribution in [3.05, 3.63) is 39.0 Å². The molecule has 5 nitrogen and oxygen atoms in total. The van der Waals surface area contributed by atoms with Gasteiger partial charge in [-0.25, -0.2) is 18.0 Å². The van der Waals surface area contributed by atoms with Crippen LogP contribution in [0, 0.1) is 24.4 Å². The molecule has 0 atom stereocenters. The van der Waals surface area contributed by atoms with Gasteiger partial charge < -0.3 is 14.6 Å². The molecule has 9 heteroatoms. The van der Waals surface area contributed by atoms with Gasteiger partial charge in [-0.3, -0.25) is 4.79 Å². The van der Waals surface area contributed by atoms with Crippen LogP contribution < -0.4 is 5.43 Å². The Kier molecular flexibility index (Phi) is 4.47. The van der Waals surface area contributed by atoms with Crippen LogP contribution in [-0.4, -0.2) is 28.5 Å². The van der Waals surface area contributed by atoms with Gasteiger partial charge in [-0.05, 0) is 6.92 Å². The number of aromatic carboxylic acids is 1. The minimum Gasteiger partial charge on any atom is -0.477 e. The summed E-state index contributed by atoms with van der Waals surface area (Å²) in [6, 6.07) is 0. The number of aliphatic hydroxyl groups excluding tert-OH is 1. The lowest BCUT2D eigenvalue weighted by molar-refractivity contribution is 0.0692. The number of carboxylic acid groups (broad SMARTS) is 1. The first-order chi connectivity index (χ1) is 10.3. The van der Waals surface area contributed by atoms with Crippen LogP contribution in [0.1, 0.15) is 16.1 Å². The number of fused-ring (bicyclic) bond motifs is 1. The lowest BCUT2D eigenvalue weighted by atomic mass is 10.1. The largest absolute Gasteiger partial charge is 0.477 e. The van der Waals surface area contributed by atoms with Crippen LogP contribution >= 0.6 is 11.8 Å². The highest BCUT2D eigenvalue weighted by molar-refractivity contribution is 7.99. The summed E-state index contributed by atoms with van der Waals surface area (Å²) in [5.41, 5.74) is -3.10. The van der Waals surface area contributed by atoms with E-state index in [-0.39, 0.29) is 5.75 Å². The Bertz CT molecular complexity index is 831. The maximum absolute atomic E-state index is 14.2. The maximum atomic E-state index is 14.2. The van der Waals surface area contributed by atoms with Gasteiger partial charge in [-0.15, -0.1) is 11.8 Å². The maximum Gasteiger partial charge on any atom is 0.343 e. The van der Waals surface area contributed by atoms with E-state index in [9.17, 15) is 22.8 Å². The average molecular weight is 334 g/mol. The molecule has 22 heavy (non-hydrogen) atoms. The molecule has 1 aromatic carbocycles. The Hall–Kier alpha value is -2.00. The molecule has 0 saturated carbocycles. The Morgan fingerprint density at radius 2 is 1.86 bits per heavy atom. The lowest BCUT2D eigenvalue weighted by Crippen LogP contribution is -2.19. The standard InChI is InChI=1S/C13H9F3O5S/c1-4-5(13(19)20)10(18)6-7(14)8(15)12(22-3-2-17)9(16)11(6)21-4/h17H,2-3H2,1H3,(H,19,20). The second-order valence-electron chi connectivity index (χ2n) is 4.21. The van der Waals surface area contributed by atoms with Gasteiger partial charge in [0.05, 0.1) is 11.5 Å². The van der Waals surface area contributed by atoms with Gasteiger partial charge in [0.1, 0.15) is 16.7 Å². The van der Waals surface area contributed by atoms with E-state index in [1.165, 1.54) is 0 Å². The molecule has 0 amide bonds. The van der Waals surface area contributed by atoms with Crippen LogP contribution in [-0.2, 0) is 0 Å². The Morgan fingerprint density at radius 3 is 2.41 bits per heavy atom. The van der Waals surface area contributed by atoms with Crippen molar-refractivity contribution in [1.82, 2.24) is 0 Å². The van der Waals surface area contributed by atoms with Crippen molar-refractivity contribution in [2.45, 2.75) is 11.8 Å². The average Bonchev–Trinajstić information content (AvgIpc) is 2.44. The number of benzene rings is 1. The van der Waals surface area contributed by atoms with Crippen molar-refractivity contribution in [2.75, 3.05) is 12.4 Å². The highest BCUT2D eigenvalue weighted by Gasteiger charge is 2.28. The van der Waals surface area contributed by atoms with E-state index >= 15 is 0 Å². The fraction of sp³-hybridized carbons (Fsp3) is 0.231. The van der Waals surface area contributed by atoms with Gasteiger partial charge in [0.15, 0.2) is 23.0 Å². The molecule has 0 unspecified atom stereocenters. The second kappa shape index (κ2) is 6.01. The predicted octanol–water partition coefficient (Wildman–Crippen LogP) is 2.30. The van der Waals surface area contributed by atoms with Gasteiger partial charge in [-0.1, -0.05) is 0 Å². The zero-order valence-electron chi connectivity index (χ0n) is 11.1. The molecule has 0 saturated heterocycles. The number of hydrogen-bond acceptors (Lipinski definition) is 5. The van der Waals surface area contributed by atoms with Crippen LogP contribution in [0.2, 0.25) is 0 Å². The molecule has 0 aliphatic rings. The Labute approximate surface area is 125 Å². The molecule has 118 valence electrons. The van der Waals surface area contributed by atoms with Crippen LogP contribution in [0.15, 0.2) is 14.1 Å². The van der Waals surface area contributed by atoms with Crippen molar-refractivity contribution in [3.63, 3.8) is 0 Å². The molecular formula is C13H9F3O5S. The SMILES string of the molecule is Cc1oc2c(F)c(SCCO)c(F)c(F)c2c(=O)c1C(=O)O. The molecule has 1 aromatic heterocycles. The third kappa shape index (κ3) is 2.46. The monoisotopic (exact) mass is 334 g/mol. The first-order valence-corrected chi connectivity index (χ1v) is 6.90. The number of carboxylic acids is 1. The Morgan fingerprint density at radius 1 is 1.23 bits per heavy atom. The summed E-state index contributed by atoms with van der Waals surface area (Å²) in [7, 11) is 0. The summed E-state index contributed by atoms with van der Waals surface area (Å²) in [6.45, 7) is 0.704. The molecule has 0 aliphatic heterocycles. The Balaban J connectivity index is 2.93. The molecule has 2 N–H and O–H groups in total. The predicted molar refractivity (Wildman–Crippen MR) is 71.9 cm³/mol. The summed E-state index contributed by atoms with van der Waals surface area (Å²) in [5.74, 6) is -6.84. The van der Waals surface area contributed by atoms with Gasteiger partial charge in [-0.2, -0.15) is 0 Å². The summed E-state index contributed by atoms with van der Waals surface area (Å²) in [6.07, 6.45) is 0. The molecule has 2 rings (SSSR count). The topological polar surface area (TPSA) is 87.7 Å². The number of thioether (sulfide) groups is 1. The second-order valence-corrected chi connectivity index (χ2v) is 5.32. The van der Waals surface area contributed by atoms with Crippen LogP contribution in [0.4, 0.5) is 13.2 Å². The number of aryl methyl sites for hydroxylation is 1. The van der Waals surface area contributed by atoms with E-state index in [4.69, 9.17) is 14.6 Å². The number of hydrogen-bond donors (Lipinski definition) is 2. The zero-order valence-corrected chi connectivity index (χ0v) is 11.9. The van der Waals surface area contributed by atoms with E-state index in [0.29, 0.717) is 11.8 Å². The normalized spacial score (nSPS) is 11.1. The molecule has 0 spiro atoms. The van der Waals surface area contributed by atoms with Gasteiger partial charge in [0, 0.05) is 5.75 Å². The molecule has 1 heterocycles. The van der Waals surface area contributed by atoms with Crippen molar-refractivity contribution in [1.29, 1.82) is 0 Å². The minimum atomic E-state index is -1.69. The van der Waals surface area contributed by atoms with Gasteiger partial charge in [0.25, 0.3) is 0 Å². The highest BCUT2D eigenvalue weighted by atomic mass is 32.2. The molecule has 2 aromatic rings. The van der Waals surface area contributed by atoms with E-state index in [1.54, 1.807) is 0 Å². The lowest BCUT2D eigenvalue weighted by Gasteiger charge is -2.10. The van der Waals surface area contributed by atoms with Crippen LogP contribution in [0.5, 0.6) is 0 Å². The number of rotatable bonds is 4. The van der Waals surface area contributed by atoms with Gasteiger partial charge >= 0.3 is 5.97 Å². The summed E-state index contributed by atoms with van der Waals surface area (Å²) in [4.78, 5) is 22.2. The zero-order chi connectivity index (χ0) is 16.6. The fourth-order valence-corrected chi connectivity index (χ4v) is 2.66. The first-order valence-electron chi connectivity index (χ1n) is 5.92. The number of halogens is 3. The third-order valence-electron chi connectivity index (χ3n) is 2.85. The molecule has 0 radical (unpaired) electrons. The van der Waals surface area contributed by atoms with E-state index in [0.717, 1.165) is 6.92 Å². The quantitative estimate of drug-likeness (QED) is 0.659. The van der Waals surface area contributed by atoms with Gasteiger partial charge in [0.2, 0.25) is 5.43 Å². The molecule has 0 aliphatic carbocycles. The van der Waals surface area contributed by atoms with Crippen molar-refractivity contribution >= 4 is 28.7 Å². The van der Waals surface area contributed by atoms with Crippen molar-refractivity contribution in [2.24, 2.45) is 0 Å². The summed E-state index contributed by atoms with van der Waals surface area (Å²) >= 11 is 0.507. The van der Waals surface area contributed by atoms with E-state index in [2.05, 4.69) is 0 Å². The third-order valence-corrected chi connectivity index (χ3v) is 3.88. The fourth-order valence-electron chi connectivity index (χ4n) is 1.93. The molecule has 0 bridgehead atoms. The van der Waals surface area contributed by atoms with E-state index in [1.807, 2.05) is 0 Å². The summed E-state index contributed by atoms with van der Waals surface area (Å²) < 4.78 is 47.0. The smallest absolute Gasteiger partial charge is 0.343 e. The van der Waals surface area contributed by atoms with Crippen LogP contribution in [0.3, 0.4) is 0 Å². The number of carbonyl (C=O) groups is 1. The number of aliphatic hydroxyl groups is 1. The molecular weight excluding hydrogens is 325 g/mol. The molecule has 0 fully saturated rings. The highest BCUT2D eigenvalue weighted by Crippen LogP contribution is 2.33. The van der Waals surface area contributed by atoms with Crippen LogP contribution in [0.25, 0.3) is 11.0 Å². The first kappa shape index (κ1) is 16.4. The van der Waals surface area contributed by atoms with Crippen molar-refractivity contribution < 1.29 is 32.6 Å². The minimum absolute atomic E-state index is 0.102. The van der Waals surface area contributed by atoms with E-state index < -0.39 is 62.6 Å². The summed E-state index contributed by atoms with van der Waals surface area (Å²) in [5, 5.41) is 16.5.